The number of rotatable bonds is 2. The fraction of sp³-hybridized carbons (Fsp3) is 0.579. The molecule has 1 fully saturated rings. The zero-order valence-electron chi connectivity index (χ0n) is 15.0. The van der Waals surface area contributed by atoms with E-state index in [1.54, 1.807) is 0 Å². The summed E-state index contributed by atoms with van der Waals surface area (Å²) in [6.45, 7) is 6.60. The summed E-state index contributed by atoms with van der Waals surface area (Å²) in [5.74, 6) is -0.685. The number of aliphatic carboxylic acids is 1. The summed E-state index contributed by atoms with van der Waals surface area (Å²) in [5, 5.41) is 9.41. The van der Waals surface area contributed by atoms with Crippen LogP contribution in [0.4, 0.5) is 0 Å². The Morgan fingerprint density at radius 1 is 1.36 bits per heavy atom. The number of nitrogens with two attached hydrogens (primary N) is 1. The van der Waals surface area contributed by atoms with E-state index in [1.807, 2.05) is 49.9 Å². The fourth-order valence-corrected chi connectivity index (χ4v) is 3.97. The summed E-state index contributed by atoms with van der Waals surface area (Å²) in [6.07, 6.45) is 0.464. The Balaban J connectivity index is 1.97. The fourth-order valence-electron chi connectivity index (χ4n) is 3.97. The highest BCUT2D eigenvalue weighted by Crippen LogP contribution is 2.48. The third-order valence-electron chi connectivity index (χ3n) is 5.24. The number of amides is 1. The van der Waals surface area contributed by atoms with E-state index in [4.69, 9.17) is 10.5 Å². The van der Waals surface area contributed by atoms with Gasteiger partial charge in [-0.05, 0) is 11.6 Å². The molecule has 6 nitrogen and oxygen atoms in total. The molecule has 25 heavy (non-hydrogen) atoms. The third kappa shape index (κ3) is 3.23. The molecule has 3 rings (SSSR count). The second-order valence-corrected chi connectivity index (χ2v) is 8.16. The largest absolute Gasteiger partial charge is 0.481 e. The predicted octanol–water partition coefficient (Wildman–Crippen LogP) is 2.19. The van der Waals surface area contributed by atoms with Crippen molar-refractivity contribution in [3.8, 4) is 5.75 Å². The van der Waals surface area contributed by atoms with Crippen LogP contribution in [-0.2, 0) is 9.59 Å². The van der Waals surface area contributed by atoms with Crippen LogP contribution in [0.2, 0.25) is 0 Å². The van der Waals surface area contributed by atoms with Gasteiger partial charge in [-0.3, -0.25) is 15.3 Å². The van der Waals surface area contributed by atoms with E-state index in [9.17, 15) is 14.7 Å². The average Bonchev–Trinajstić information content (AvgIpc) is 2.52. The number of ether oxygens (including phenoxy) is 1. The summed E-state index contributed by atoms with van der Waals surface area (Å²) >= 11 is 0. The second-order valence-electron chi connectivity index (χ2n) is 8.16. The number of likely N-dealkylation sites (tertiary alicyclic amines) is 1. The van der Waals surface area contributed by atoms with Gasteiger partial charge in [0.2, 0.25) is 5.91 Å². The minimum absolute atomic E-state index is 0.0263. The van der Waals surface area contributed by atoms with Crippen LogP contribution in [0.1, 0.15) is 45.1 Å². The summed E-state index contributed by atoms with van der Waals surface area (Å²) in [7, 11) is 0. The smallest absolute Gasteiger partial charge is 0.303 e. The number of carbonyl (C=O) groups is 2. The number of benzene rings is 1. The van der Waals surface area contributed by atoms with Crippen molar-refractivity contribution < 1.29 is 19.4 Å². The Labute approximate surface area is 147 Å². The highest BCUT2D eigenvalue weighted by molar-refractivity contribution is 5.81. The molecule has 0 bridgehead atoms. The van der Waals surface area contributed by atoms with Gasteiger partial charge >= 0.3 is 5.97 Å². The molecular formula is C19H26N2O4. The molecule has 1 saturated heterocycles. The van der Waals surface area contributed by atoms with Crippen molar-refractivity contribution in [1.29, 1.82) is 0 Å². The molecule has 136 valence electrons. The van der Waals surface area contributed by atoms with E-state index >= 15 is 0 Å². The van der Waals surface area contributed by atoms with Crippen LogP contribution in [0.5, 0.6) is 5.75 Å². The Bertz CT molecular complexity index is 697. The molecule has 0 radical (unpaired) electrons. The zero-order valence-corrected chi connectivity index (χ0v) is 15.0. The molecule has 0 spiro atoms. The number of nitrogens with zero attached hydrogens (tertiary/aromatic N) is 1. The molecule has 6 heteroatoms. The molecule has 3 unspecified atom stereocenters. The Morgan fingerprint density at radius 3 is 2.68 bits per heavy atom. The first-order valence-electron chi connectivity index (χ1n) is 8.70. The number of hydrogen-bond acceptors (Lipinski definition) is 4. The number of para-hydroxylation sites is 1. The summed E-state index contributed by atoms with van der Waals surface area (Å²) in [4.78, 5) is 26.0. The zero-order chi connectivity index (χ0) is 18.4. The van der Waals surface area contributed by atoms with E-state index in [0.29, 0.717) is 25.3 Å². The third-order valence-corrected chi connectivity index (χ3v) is 5.24. The van der Waals surface area contributed by atoms with Crippen LogP contribution >= 0.6 is 0 Å². The number of carboxylic acids is 1. The molecule has 1 aromatic rings. The van der Waals surface area contributed by atoms with Crippen molar-refractivity contribution in [3.63, 3.8) is 0 Å². The van der Waals surface area contributed by atoms with Gasteiger partial charge in [0.25, 0.3) is 0 Å². The van der Waals surface area contributed by atoms with E-state index < -0.39 is 17.1 Å². The molecule has 3 N–H and O–H groups in total. The van der Waals surface area contributed by atoms with E-state index in [0.717, 1.165) is 5.56 Å². The van der Waals surface area contributed by atoms with Crippen molar-refractivity contribution in [1.82, 2.24) is 4.90 Å². The average molecular weight is 346 g/mol. The number of fused-ring (bicyclic) bond motifs is 2. The van der Waals surface area contributed by atoms with Crippen LogP contribution in [0.15, 0.2) is 24.3 Å². The first-order valence-corrected chi connectivity index (χ1v) is 8.70. The highest BCUT2D eigenvalue weighted by atomic mass is 16.5. The number of hydrogen-bond donors (Lipinski definition) is 2. The normalized spacial score (nSPS) is 28.6. The Kier molecular flexibility index (Phi) is 4.27. The van der Waals surface area contributed by atoms with Crippen molar-refractivity contribution in [2.75, 3.05) is 13.1 Å². The molecule has 2 aliphatic heterocycles. The molecule has 1 aromatic carbocycles. The maximum atomic E-state index is 12.7. The number of carboxylic acid groups (broad SMARTS) is 1. The van der Waals surface area contributed by atoms with E-state index in [2.05, 4.69) is 0 Å². The van der Waals surface area contributed by atoms with Gasteiger partial charge in [-0.2, -0.15) is 0 Å². The maximum absolute atomic E-state index is 12.7. The molecule has 0 saturated carbocycles. The van der Waals surface area contributed by atoms with Crippen LogP contribution in [-0.4, -0.2) is 40.7 Å². The van der Waals surface area contributed by atoms with Gasteiger partial charge in [0.05, 0.1) is 6.42 Å². The topological polar surface area (TPSA) is 92.9 Å². The van der Waals surface area contributed by atoms with Crippen LogP contribution in [0.3, 0.4) is 0 Å². The van der Waals surface area contributed by atoms with Gasteiger partial charge in [-0.1, -0.05) is 39.0 Å². The minimum Gasteiger partial charge on any atom is -0.481 e. The van der Waals surface area contributed by atoms with Gasteiger partial charge in [0.15, 0.2) is 5.72 Å². The van der Waals surface area contributed by atoms with Crippen molar-refractivity contribution in [3.05, 3.63) is 29.8 Å². The molecule has 3 atom stereocenters. The first kappa shape index (κ1) is 17.7. The maximum Gasteiger partial charge on any atom is 0.303 e. The quantitative estimate of drug-likeness (QED) is 0.856. The number of carbonyl (C=O) groups excluding carboxylic acids is 1. The molecule has 0 aliphatic carbocycles. The first-order chi connectivity index (χ1) is 11.6. The van der Waals surface area contributed by atoms with Gasteiger partial charge in [-0.25, -0.2) is 0 Å². The summed E-state index contributed by atoms with van der Waals surface area (Å²) < 4.78 is 6.10. The second kappa shape index (κ2) is 6.02. The SMILES string of the molecule is CC(C)(C)C(=O)N1CCC2(N)Oc3ccccc3C(CC(=O)O)C2C1. The van der Waals surface area contributed by atoms with Crippen molar-refractivity contribution in [2.24, 2.45) is 17.1 Å². The lowest BCUT2D eigenvalue weighted by atomic mass is 9.71. The van der Waals surface area contributed by atoms with Gasteiger partial charge in [-0.15, -0.1) is 0 Å². The highest BCUT2D eigenvalue weighted by Gasteiger charge is 2.52. The lowest BCUT2D eigenvalue weighted by Crippen LogP contribution is -2.65. The van der Waals surface area contributed by atoms with Crippen LogP contribution < -0.4 is 10.5 Å². The molecule has 1 amide bonds. The monoisotopic (exact) mass is 346 g/mol. The van der Waals surface area contributed by atoms with E-state index in [1.165, 1.54) is 0 Å². The van der Waals surface area contributed by atoms with Crippen molar-refractivity contribution in [2.45, 2.75) is 45.3 Å². The van der Waals surface area contributed by atoms with Crippen molar-refractivity contribution >= 4 is 11.9 Å². The Morgan fingerprint density at radius 2 is 2.04 bits per heavy atom. The minimum atomic E-state index is -0.941. The lowest BCUT2D eigenvalue weighted by Gasteiger charge is -2.52. The Hall–Kier alpha value is -2.08. The van der Waals surface area contributed by atoms with E-state index in [-0.39, 0.29) is 24.2 Å². The number of piperidine rings is 1. The van der Waals surface area contributed by atoms with Crippen LogP contribution in [0.25, 0.3) is 0 Å². The summed E-state index contributed by atoms with van der Waals surface area (Å²) in [5.41, 5.74) is 6.00. The standard InChI is InChI=1S/C19H26N2O4/c1-18(2,3)17(24)21-9-8-19(20)14(11-21)13(10-16(22)23)12-6-4-5-7-15(12)25-19/h4-7,13-14H,8-11,20H2,1-3H3,(H,22,23). The lowest BCUT2D eigenvalue weighted by molar-refractivity contribution is -0.149. The van der Waals surface area contributed by atoms with Gasteiger partial charge < -0.3 is 14.7 Å². The molecule has 2 heterocycles. The molecule has 0 aromatic heterocycles. The van der Waals surface area contributed by atoms with Crippen LogP contribution in [0, 0.1) is 11.3 Å². The molecular weight excluding hydrogens is 320 g/mol. The predicted molar refractivity (Wildman–Crippen MR) is 93.1 cm³/mol. The summed E-state index contributed by atoms with van der Waals surface area (Å²) in [6, 6.07) is 7.47. The molecule has 2 aliphatic rings. The van der Waals surface area contributed by atoms with Gasteiger partial charge in [0, 0.05) is 36.8 Å². The van der Waals surface area contributed by atoms with Gasteiger partial charge in [0.1, 0.15) is 5.75 Å².